The van der Waals surface area contributed by atoms with Crippen LogP contribution in [0.1, 0.15) is 35.5 Å². The molecule has 0 bridgehead atoms. The van der Waals surface area contributed by atoms with Gasteiger partial charge in [0, 0.05) is 35.0 Å². The van der Waals surface area contributed by atoms with Crippen molar-refractivity contribution in [2.45, 2.75) is 20.4 Å². The van der Waals surface area contributed by atoms with Crippen molar-refractivity contribution in [1.29, 1.82) is 0 Å². The molecule has 30 heavy (non-hydrogen) atoms. The summed E-state index contributed by atoms with van der Waals surface area (Å²) in [4.78, 5) is 14.5. The number of anilines is 1. The van der Waals surface area contributed by atoms with Gasteiger partial charge in [0.2, 0.25) is 0 Å². The quantitative estimate of drug-likeness (QED) is 0.399. The molecule has 1 amide bonds. The zero-order valence-electron chi connectivity index (χ0n) is 16.8. The normalized spacial score (nSPS) is 11.1. The molecule has 2 aromatic carbocycles. The number of benzene rings is 2. The summed E-state index contributed by atoms with van der Waals surface area (Å²) < 4.78 is 1.64. The van der Waals surface area contributed by atoms with E-state index in [9.17, 15) is 4.79 Å². The van der Waals surface area contributed by atoms with E-state index in [1.54, 1.807) is 35.3 Å². The van der Waals surface area contributed by atoms with E-state index in [1.165, 1.54) is 0 Å². The fourth-order valence-electron chi connectivity index (χ4n) is 2.98. The molecule has 0 fully saturated rings. The fraction of sp³-hybridized carbons (Fsp3) is 0.227. The summed E-state index contributed by atoms with van der Waals surface area (Å²) in [5, 5.41) is 9.43. The van der Waals surface area contributed by atoms with Crippen LogP contribution in [0.3, 0.4) is 0 Å². The van der Waals surface area contributed by atoms with Gasteiger partial charge in [-0.25, -0.2) is 5.43 Å². The number of halogens is 2. The number of carbonyl (C=O) groups is 1. The number of hydrogen-bond acceptors (Lipinski definition) is 4. The number of rotatable bonds is 8. The van der Waals surface area contributed by atoms with E-state index in [0.29, 0.717) is 16.6 Å². The second-order valence-corrected chi connectivity index (χ2v) is 7.44. The maximum Gasteiger partial charge on any atom is 0.291 e. The first kappa shape index (κ1) is 21.9. The van der Waals surface area contributed by atoms with Gasteiger partial charge in [-0.1, -0.05) is 41.4 Å². The van der Waals surface area contributed by atoms with Gasteiger partial charge >= 0.3 is 0 Å². The second kappa shape index (κ2) is 10.3. The van der Waals surface area contributed by atoms with Gasteiger partial charge in [-0.15, -0.1) is 0 Å². The molecule has 0 aliphatic rings. The van der Waals surface area contributed by atoms with Gasteiger partial charge in [-0.05, 0) is 55.3 Å². The minimum Gasteiger partial charge on any atom is -0.372 e. The lowest BCUT2D eigenvalue weighted by Crippen LogP contribution is -2.21. The topological polar surface area (TPSA) is 62.5 Å². The Balaban J connectivity index is 1.57. The molecule has 0 saturated carbocycles. The van der Waals surface area contributed by atoms with Crippen LogP contribution in [0.25, 0.3) is 0 Å². The fourth-order valence-corrected chi connectivity index (χ4v) is 3.45. The van der Waals surface area contributed by atoms with E-state index in [4.69, 9.17) is 23.2 Å². The highest BCUT2D eigenvalue weighted by Crippen LogP contribution is 2.21. The van der Waals surface area contributed by atoms with E-state index in [-0.39, 0.29) is 11.6 Å². The molecule has 0 unspecified atom stereocenters. The zero-order chi connectivity index (χ0) is 21.5. The van der Waals surface area contributed by atoms with Crippen molar-refractivity contribution in [2.24, 2.45) is 5.10 Å². The third-order valence-electron chi connectivity index (χ3n) is 4.62. The highest BCUT2D eigenvalue weighted by Gasteiger charge is 2.10. The number of aromatic nitrogens is 2. The van der Waals surface area contributed by atoms with Gasteiger partial charge < -0.3 is 4.90 Å². The smallest absolute Gasteiger partial charge is 0.291 e. The third-order valence-corrected chi connectivity index (χ3v) is 5.21. The van der Waals surface area contributed by atoms with E-state index in [2.05, 4.69) is 34.4 Å². The van der Waals surface area contributed by atoms with Crippen LogP contribution >= 0.6 is 23.2 Å². The molecule has 0 saturated heterocycles. The Bertz CT molecular complexity index is 1030. The van der Waals surface area contributed by atoms with Gasteiger partial charge in [0.05, 0.1) is 12.8 Å². The van der Waals surface area contributed by atoms with Crippen molar-refractivity contribution in [2.75, 3.05) is 18.0 Å². The van der Waals surface area contributed by atoms with Gasteiger partial charge in [-0.3, -0.25) is 9.48 Å². The maximum atomic E-state index is 12.3. The Hall–Kier alpha value is -2.83. The van der Waals surface area contributed by atoms with E-state index in [0.717, 1.165) is 29.9 Å². The predicted molar refractivity (Wildman–Crippen MR) is 123 cm³/mol. The molecule has 156 valence electrons. The Morgan fingerprint density at radius 1 is 1.13 bits per heavy atom. The lowest BCUT2D eigenvalue weighted by atomic mass is 10.2. The van der Waals surface area contributed by atoms with Crippen molar-refractivity contribution in [3.05, 3.63) is 81.6 Å². The highest BCUT2D eigenvalue weighted by atomic mass is 35.5. The lowest BCUT2D eigenvalue weighted by Gasteiger charge is -2.20. The maximum absolute atomic E-state index is 12.3. The summed E-state index contributed by atoms with van der Waals surface area (Å²) in [5.41, 5.74) is 5.70. The van der Waals surface area contributed by atoms with Crippen molar-refractivity contribution in [1.82, 2.24) is 15.2 Å². The van der Waals surface area contributed by atoms with Gasteiger partial charge in [-0.2, -0.15) is 10.2 Å². The average Bonchev–Trinajstić information content (AvgIpc) is 3.21. The summed E-state index contributed by atoms with van der Waals surface area (Å²) >= 11 is 12.1. The minimum atomic E-state index is -0.382. The molecule has 1 N–H and O–H groups in total. The molecule has 6 nitrogen and oxygen atoms in total. The molecule has 0 aliphatic carbocycles. The van der Waals surface area contributed by atoms with Crippen molar-refractivity contribution in [3.8, 4) is 0 Å². The summed E-state index contributed by atoms with van der Waals surface area (Å²) in [6, 6.07) is 14.9. The molecule has 3 aromatic rings. The predicted octanol–water partition coefficient (Wildman–Crippen LogP) is 4.85. The monoisotopic (exact) mass is 443 g/mol. The van der Waals surface area contributed by atoms with Crippen LogP contribution in [0, 0.1) is 0 Å². The molecular weight excluding hydrogens is 421 g/mol. The van der Waals surface area contributed by atoms with E-state index < -0.39 is 0 Å². The molecule has 1 aromatic heterocycles. The van der Waals surface area contributed by atoms with Crippen LogP contribution < -0.4 is 10.3 Å². The van der Waals surface area contributed by atoms with Gasteiger partial charge in [0.1, 0.15) is 0 Å². The van der Waals surface area contributed by atoms with Crippen molar-refractivity contribution < 1.29 is 4.79 Å². The minimum absolute atomic E-state index is 0.272. The van der Waals surface area contributed by atoms with Crippen LogP contribution in [0.2, 0.25) is 10.0 Å². The first-order valence-electron chi connectivity index (χ1n) is 9.66. The molecular formula is C22H23Cl2N5O. The molecule has 1 heterocycles. The van der Waals surface area contributed by atoms with Crippen LogP contribution in [-0.4, -0.2) is 35.0 Å². The zero-order valence-corrected chi connectivity index (χ0v) is 18.4. The number of carbonyl (C=O) groups excluding carboxylic acids is 1. The Kier molecular flexibility index (Phi) is 7.49. The van der Waals surface area contributed by atoms with Crippen LogP contribution in [0.15, 0.2) is 59.8 Å². The molecule has 0 spiro atoms. The van der Waals surface area contributed by atoms with Crippen molar-refractivity contribution in [3.63, 3.8) is 0 Å². The van der Waals surface area contributed by atoms with E-state index >= 15 is 0 Å². The summed E-state index contributed by atoms with van der Waals surface area (Å²) in [6.45, 7) is 6.60. The average molecular weight is 444 g/mol. The third kappa shape index (κ3) is 5.62. The Labute approximate surface area is 186 Å². The first-order valence-corrected chi connectivity index (χ1v) is 10.4. The highest BCUT2D eigenvalue weighted by molar-refractivity contribution is 6.35. The van der Waals surface area contributed by atoms with E-state index in [1.807, 2.05) is 30.3 Å². The number of amides is 1. The number of hydrogen-bond donors (Lipinski definition) is 1. The standard InChI is InChI=1S/C22H23Cl2N5O/c1-3-28(4-2)19-9-5-16(6-10-19)14-25-26-22(30)21-11-12-29(27-21)15-17-7-8-18(23)13-20(17)24/h5-14H,3-4,15H2,1-2H3,(H,26,30)/b25-14+. The van der Waals surface area contributed by atoms with Crippen LogP contribution in [0.5, 0.6) is 0 Å². The molecule has 0 aliphatic heterocycles. The summed E-state index contributed by atoms with van der Waals surface area (Å²) in [7, 11) is 0. The molecule has 3 rings (SSSR count). The van der Waals surface area contributed by atoms with Gasteiger partial charge in [0.25, 0.3) is 5.91 Å². The molecule has 0 radical (unpaired) electrons. The number of nitrogens with one attached hydrogen (secondary N) is 1. The Morgan fingerprint density at radius 3 is 2.53 bits per heavy atom. The number of hydrazone groups is 1. The molecule has 0 atom stereocenters. The SMILES string of the molecule is CCN(CC)c1ccc(/C=N/NC(=O)c2ccn(Cc3ccc(Cl)cc3Cl)n2)cc1. The van der Waals surface area contributed by atoms with Crippen molar-refractivity contribution >= 4 is 41.0 Å². The second-order valence-electron chi connectivity index (χ2n) is 6.60. The summed E-state index contributed by atoms with van der Waals surface area (Å²) in [6.07, 6.45) is 3.32. The Morgan fingerprint density at radius 2 is 1.87 bits per heavy atom. The van der Waals surface area contributed by atoms with Crippen LogP contribution in [0.4, 0.5) is 5.69 Å². The summed E-state index contributed by atoms with van der Waals surface area (Å²) in [5.74, 6) is -0.382. The van der Waals surface area contributed by atoms with Gasteiger partial charge in [0.15, 0.2) is 5.69 Å². The lowest BCUT2D eigenvalue weighted by molar-refractivity contribution is 0.0949. The van der Waals surface area contributed by atoms with Crippen LogP contribution in [-0.2, 0) is 6.54 Å². The largest absolute Gasteiger partial charge is 0.372 e. The first-order chi connectivity index (χ1) is 14.5. The number of nitrogens with zero attached hydrogens (tertiary/aromatic N) is 4. The molecule has 8 heteroatoms.